The molecule has 0 saturated carbocycles. The topological polar surface area (TPSA) is 93.2 Å². The van der Waals surface area contributed by atoms with Crippen LogP contribution in [0.2, 0.25) is 0 Å². The van der Waals surface area contributed by atoms with Crippen molar-refractivity contribution in [1.29, 1.82) is 0 Å². The molecule has 1 aliphatic carbocycles. The number of primary amides is 1. The lowest BCUT2D eigenvalue weighted by molar-refractivity contribution is -0.117. The van der Waals surface area contributed by atoms with Crippen molar-refractivity contribution in [3.05, 3.63) is 34.0 Å². The van der Waals surface area contributed by atoms with Crippen LogP contribution in [-0.2, 0) is 31.2 Å². The van der Waals surface area contributed by atoms with E-state index in [9.17, 15) is 9.59 Å². The van der Waals surface area contributed by atoms with Gasteiger partial charge in [0.2, 0.25) is 5.91 Å². The fraction of sp³-hybridized carbons (Fsp3) is 0.500. The zero-order valence-electron chi connectivity index (χ0n) is 15.4. The van der Waals surface area contributed by atoms with E-state index in [0.29, 0.717) is 23.0 Å². The molecule has 0 aliphatic heterocycles. The van der Waals surface area contributed by atoms with E-state index in [4.69, 9.17) is 5.73 Å². The summed E-state index contributed by atoms with van der Waals surface area (Å²) in [6.45, 7) is 3.06. The summed E-state index contributed by atoms with van der Waals surface area (Å²) in [5.74, 6) is -0.0161. The molecule has 2 amide bonds. The molecule has 3 N–H and O–H groups in total. The van der Waals surface area contributed by atoms with Gasteiger partial charge in [0.15, 0.2) is 0 Å². The predicted octanol–water partition coefficient (Wildman–Crippen LogP) is 1.78. The first-order chi connectivity index (χ1) is 12.3. The molecule has 0 spiro atoms. The lowest BCUT2D eigenvalue weighted by Gasteiger charge is -2.18. The van der Waals surface area contributed by atoms with Gasteiger partial charge in [-0.25, -0.2) is 0 Å². The second-order valence-electron chi connectivity index (χ2n) is 7.16. The third-order valence-corrected chi connectivity index (χ3v) is 5.81. The van der Waals surface area contributed by atoms with Crippen LogP contribution in [-0.4, -0.2) is 40.1 Å². The van der Waals surface area contributed by atoms with E-state index in [2.05, 4.69) is 17.3 Å². The van der Waals surface area contributed by atoms with Crippen molar-refractivity contribution >= 4 is 28.2 Å². The Hall–Kier alpha value is -2.19. The van der Waals surface area contributed by atoms with Gasteiger partial charge in [-0.05, 0) is 37.8 Å². The highest BCUT2D eigenvalue weighted by atomic mass is 32.1. The second-order valence-corrected chi connectivity index (χ2v) is 8.27. The number of amides is 2. The van der Waals surface area contributed by atoms with E-state index in [0.717, 1.165) is 30.4 Å². The number of rotatable bonds is 6. The SMILES string of the molecule is C[C@H]1CCc2c(sc(NC(=O)CN(C)Cc3cnn(C)c3)c2C(N)=O)C1. The normalized spacial score (nSPS) is 16.5. The number of hydrogen-bond acceptors (Lipinski definition) is 5. The Balaban J connectivity index is 1.68. The average molecular weight is 375 g/mol. The van der Waals surface area contributed by atoms with Crippen LogP contribution >= 0.6 is 11.3 Å². The van der Waals surface area contributed by atoms with Gasteiger partial charge >= 0.3 is 0 Å². The number of thiophene rings is 1. The molecule has 0 unspecified atom stereocenters. The molecule has 2 aromatic rings. The molecule has 0 saturated heterocycles. The van der Waals surface area contributed by atoms with Gasteiger partial charge < -0.3 is 11.1 Å². The first-order valence-electron chi connectivity index (χ1n) is 8.73. The monoisotopic (exact) mass is 375 g/mol. The standard InChI is InChI=1S/C18H25N5O2S/c1-11-4-5-13-14(6-11)26-18(16(13)17(19)25)21-15(24)10-22(2)8-12-7-20-23(3)9-12/h7,9,11H,4-6,8,10H2,1-3H3,(H2,19,25)(H,21,24)/t11-/m0/s1. The third kappa shape index (κ3) is 4.13. The lowest BCUT2D eigenvalue weighted by Crippen LogP contribution is -2.30. The van der Waals surface area contributed by atoms with Crippen LogP contribution in [0.5, 0.6) is 0 Å². The van der Waals surface area contributed by atoms with Gasteiger partial charge in [-0.15, -0.1) is 11.3 Å². The maximum atomic E-state index is 12.5. The largest absolute Gasteiger partial charge is 0.365 e. The summed E-state index contributed by atoms with van der Waals surface area (Å²) < 4.78 is 1.74. The number of nitrogens with two attached hydrogens (primary N) is 1. The van der Waals surface area contributed by atoms with Crippen LogP contribution in [0, 0.1) is 5.92 Å². The molecule has 3 rings (SSSR count). The maximum Gasteiger partial charge on any atom is 0.251 e. The van der Waals surface area contributed by atoms with Crippen molar-refractivity contribution in [2.75, 3.05) is 18.9 Å². The summed E-state index contributed by atoms with van der Waals surface area (Å²) in [5.41, 5.74) is 8.17. The second kappa shape index (κ2) is 7.59. The fourth-order valence-corrected chi connectivity index (χ4v) is 4.86. The third-order valence-electron chi connectivity index (χ3n) is 4.64. The highest BCUT2D eigenvalue weighted by Crippen LogP contribution is 2.39. The zero-order chi connectivity index (χ0) is 18.8. The Morgan fingerprint density at radius 2 is 2.27 bits per heavy atom. The van der Waals surface area contributed by atoms with Gasteiger partial charge in [-0.3, -0.25) is 19.2 Å². The molecule has 8 heteroatoms. The van der Waals surface area contributed by atoms with E-state index in [-0.39, 0.29) is 12.5 Å². The molecule has 0 bridgehead atoms. The van der Waals surface area contributed by atoms with Crippen molar-refractivity contribution < 1.29 is 9.59 Å². The van der Waals surface area contributed by atoms with Crippen LogP contribution in [0.15, 0.2) is 12.4 Å². The van der Waals surface area contributed by atoms with Crippen molar-refractivity contribution in [3.63, 3.8) is 0 Å². The number of carbonyl (C=O) groups excluding carboxylic acids is 2. The van der Waals surface area contributed by atoms with Gasteiger partial charge in [-0.1, -0.05) is 6.92 Å². The molecular weight excluding hydrogens is 350 g/mol. The first kappa shape index (κ1) is 18.6. The number of likely N-dealkylation sites (N-methyl/N-ethyl adjacent to an activating group) is 1. The number of anilines is 1. The van der Waals surface area contributed by atoms with E-state index in [1.807, 2.05) is 25.2 Å². The Morgan fingerprint density at radius 3 is 2.92 bits per heavy atom. The molecule has 0 radical (unpaired) electrons. The number of carbonyl (C=O) groups is 2. The van der Waals surface area contributed by atoms with Gasteiger partial charge in [-0.2, -0.15) is 5.10 Å². The van der Waals surface area contributed by atoms with Crippen molar-refractivity contribution in [2.45, 2.75) is 32.7 Å². The van der Waals surface area contributed by atoms with Gasteiger partial charge in [0.05, 0.1) is 18.3 Å². The molecular formula is C18H25N5O2S. The van der Waals surface area contributed by atoms with Crippen LogP contribution in [0.4, 0.5) is 5.00 Å². The summed E-state index contributed by atoms with van der Waals surface area (Å²) in [6.07, 6.45) is 6.55. The van der Waals surface area contributed by atoms with E-state index in [1.165, 1.54) is 16.2 Å². The number of nitrogens with zero attached hydrogens (tertiary/aromatic N) is 3. The average Bonchev–Trinajstić information content (AvgIpc) is 3.09. The van der Waals surface area contributed by atoms with Crippen LogP contribution in [0.1, 0.15) is 39.7 Å². The quantitative estimate of drug-likeness (QED) is 0.805. The number of fused-ring (bicyclic) bond motifs is 1. The molecule has 1 aliphatic rings. The van der Waals surface area contributed by atoms with Crippen molar-refractivity contribution in [2.24, 2.45) is 18.7 Å². The number of nitrogens with one attached hydrogen (secondary N) is 1. The van der Waals surface area contributed by atoms with Crippen LogP contribution < -0.4 is 11.1 Å². The molecule has 2 heterocycles. The first-order valence-corrected chi connectivity index (χ1v) is 9.55. The Bertz CT molecular complexity index is 826. The molecule has 140 valence electrons. The minimum absolute atomic E-state index is 0.148. The predicted molar refractivity (Wildman–Crippen MR) is 102 cm³/mol. The summed E-state index contributed by atoms with van der Waals surface area (Å²) in [7, 11) is 3.74. The molecule has 26 heavy (non-hydrogen) atoms. The highest BCUT2D eigenvalue weighted by Gasteiger charge is 2.27. The van der Waals surface area contributed by atoms with Crippen molar-refractivity contribution in [3.8, 4) is 0 Å². The van der Waals surface area contributed by atoms with Crippen molar-refractivity contribution in [1.82, 2.24) is 14.7 Å². The summed E-state index contributed by atoms with van der Waals surface area (Å²) in [6, 6.07) is 0. The number of aromatic nitrogens is 2. The minimum Gasteiger partial charge on any atom is -0.365 e. The minimum atomic E-state index is -0.462. The lowest BCUT2D eigenvalue weighted by atomic mass is 9.88. The van der Waals surface area contributed by atoms with E-state index >= 15 is 0 Å². The number of hydrogen-bond donors (Lipinski definition) is 2. The highest BCUT2D eigenvalue weighted by molar-refractivity contribution is 7.17. The van der Waals surface area contributed by atoms with Gasteiger partial charge in [0.1, 0.15) is 5.00 Å². The molecule has 0 fully saturated rings. The van der Waals surface area contributed by atoms with Gasteiger partial charge in [0.25, 0.3) is 5.91 Å². The Labute approximate surface area is 157 Å². The molecule has 1 atom stereocenters. The zero-order valence-corrected chi connectivity index (χ0v) is 16.2. The Morgan fingerprint density at radius 1 is 1.50 bits per heavy atom. The Kier molecular flexibility index (Phi) is 5.43. The smallest absolute Gasteiger partial charge is 0.251 e. The van der Waals surface area contributed by atoms with Crippen LogP contribution in [0.25, 0.3) is 0 Å². The number of aryl methyl sites for hydroxylation is 1. The molecule has 0 aromatic carbocycles. The summed E-state index contributed by atoms with van der Waals surface area (Å²) in [4.78, 5) is 27.5. The maximum absolute atomic E-state index is 12.5. The molecule has 2 aromatic heterocycles. The van der Waals surface area contributed by atoms with E-state index < -0.39 is 5.91 Å². The summed E-state index contributed by atoms with van der Waals surface area (Å²) >= 11 is 1.49. The fourth-order valence-electron chi connectivity index (χ4n) is 3.43. The van der Waals surface area contributed by atoms with Gasteiger partial charge in [0, 0.05) is 30.2 Å². The van der Waals surface area contributed by atoms with Crippen LogP contribution in [0.3, 0.4) is 0 Å². The van der Waals surface area contributed by atoms with E-state index in [1.54, 1.807) is 10.9 Å². The summed E-state index contributed by atoms with van der Waals surface area (Å²) in [5, 5.41) is 7.63. The molecule has 7 nitrogen and oxygen atoms in total.